The molecule has 1 amide bonds. The van der Waals surface area contributed by atoms with Gasteiger partial charge < -0.3 is 19.5 Å². The lowest BCUT2D eigenvalue weighted by Crippen LogP contribution is -2.60. The van der Waals surface area contributed by atoms with Gasteiger partial charge in [0.2, 0.25) is 10.0 Å². The molecule has 4 aliphatic rings. The summed E-state index contributed by atoms with van der Waals surface area (Å²) < 4.78 is 56.8. The number of allylic oxidation sites excluding steroid dienone is 1. The number of nitrogens with one attached hydrogen (secondary N) is 1. The predicted molar refractivity (Wildman–Crippen MR) is 176 cm³/mol. The van der Waals surface area contributed by atoms with Crippen molar-refractivity contribution < 1.29 is 37.0 Å². The van der Waals surface area contributed by atoms with E-state index in [1.165, 1.54) is 24.1 Å². The first-order valence-corrected chi connectivity index (χ1v) is 18.1. The lowest BCUT2D eigenvalue weighted by atomic mass is 9.70. The maximum atomic E-state index is 16.0. The number of aliphatic carboxylic acids is 1. The number of carboxylic acids is 1. The number of nitrogens with zero attached hydrogens (tertiary/aromatic N) is 2. The number of carbonyl (C=O) groups is 2. The van der Waals surface area contributed by atoms with Crippen molar-refractivity contribution in [1.29, 1.82) is 0 Å². The summed E-state index contributed by atoms with van der Waals surface area (Å²) in [7, 11) is -4.11. The molecule has 6 rings (SSSR count). The van der Waals surface area contributed by atoms with Gasteiger partial charge in [-0.15, -0.1) is 0 Å². The maximum absolute atomic E-state index is 16.0. The van der Waals surface area contributed by atoms with Gasteiger partial charge in [0.25, 0.3) is 5.91 Å². The molecule has 13 heteroatoms. The Morgan fingerprint density at radius 3 is 2.79 bits per heavy atom. The Morgan fingerprint density at radius 1 is 1.23 bits per heavy atom. The average Bonchev–Trinajstić information content (AvgIpc) is 3.16. The SMILES string of the molecule is C[C@@H]1[C@@H](C)C/C=C(\F)[C@H](COCC(=O)O)N2CC[C@H]2CN2C[C@@]3(CCCc4cc(Cl)ccc43)COc3ccc(cc32)C(=O)NS1(=O)=O. The number of halogens is 2. The third-order valence-electron chi connectivity index (χ3n) is 10.4. The zero-order chi connectivity index (χ0) is 33.5. The monoisotopic (exact) mass is 689 g/mol. The number of fused-ring (bicyclic) bond motifs is 4. The lowest BCUT2D eigenvalue weighted by Gasteiger charge is -2.49. The van der Waals surface area contributed by atoms with E-state index in [0.717, 1.165) is 25.7 Å². The van der Waals surface area contributed by atoms with Crippen molar-refractivity contribution in [2.45, 2.75) is 68.7 Å². The molecule has 1 spiro atoms. The second kappa shape index (κ2) is 13.4. The number of ether oxygens (including phenoxy) is 2. The van der Waals surface area contributed by atoms with Gasteiger partial charge in [-0.1, -0.05) is 30.7 Å². The Bertz CT molecular complexity index is 1690. The van der Waals surface area contributed by atoms with E-state index in [1.54, 1.807) is 25.1 Å². The van der Waals surface area contributed by atoms with Gasteiger partial charge >= 0.3 is 5.97 Å². The van der Waals surface area contributed by atoms with E-state index in [9.17, 15) is 18.0 Å². The third kappa shape index (κ3) is 6.88. The molecule has 2 aromatic rings. The average molecular weight is 690 g/mol. The third-order valence-corrected chi connectivity index (χ3v) is 12.5. The van der Waals surface area contributed by atoms with Crippen LogP contribution in [0.5, 0.6) is 5.75 Å². The fourth-order valence-corrected chi connectivity index (χ4v) is 8.86. The minimum atomic E-state index is -4.11. The molecule has 2 aromatic carbocycles. The van der Waals surface area contributed by atoms with E-state index in [2.05, 4.69) is 15.7 Å². The second-order valence-corrected chi connectivity index (χ2v) is 15.8. The summed E-state index contributed by atoms with van der Waals surface area (Å²) in [4.78, 5) is 28.8. The van der Waals surface area contributed by atoms with Crippen LogP contribution in [0, 0.1) is 5.92 Å². The van der Waals surface area contributed by atoms with Gasteiger partial charge in [-0.3, -0.25) is 9.69 Å². The topological polar surface area (TPSA) is 125 Å². The van der Waals surface area contributed by atoms with Gasteiger partial charge in [0, 0.05) is 41.7 Å². The van der Waals surface area contributed by atoms with E-state index in [-0.39, 0.29) is 30.0 Å². The fraction of sp³-hybridized carbons (Fsp3) is 0.529. The summed E-state index contributed by atoms with van der Waals surface area (Å²) >= 11 is 6.39. The zero-order valence-corrected chi connectivity index (χ0v) is 28.2. The molecule has 0 aromatic heterocycles. The van der Waals surface area contributed by atoms with Gasteiger partial charge in [0.15, 0.2) is 0 Å². The minimum Gasteiger partial charge on any atom is -0.490 e. The van der Waals surface area contributed by atoms with Crippen LogP contribution in [0.4, 0.5) is 10.1 Å². The summed E-state index contributed by atoms with van der Waals surface area (Å²) in [5.41, 5.74) is 2.80. The number of carboxylic acid groups (broad SMARTS) is 1. The van der Waals surface area contributed by atoms with Gasteiger partial charge in [-0.25, -0.2) is 22.3 Å². The number of sulfonamides is 1. The van der Waals surface area contributed by atoms with E-state index < -0.39 is 51.5 Å². The molecule has 2 N–H and O–H groups in total. The van der Waals surface area contributed by atoms with Crippen LogP contribution in [0.25, 0.3) is 0 Å². The van der Waals surface area contributed by atoms with Crippen molar-refractivity contribution in [1.82, 2.24) is 9.62 Å². The number of hydrogen-bond donors (Lipinski definition) is 2. The predicted octanol–water partition coefficient (Wildman–Crippen LogP) is 4.70. The Balaban J connectivity index is 1.42. The van der Waals surface area contributed by atoms with Crippen LogP contribution in [0.2, 0.25) is 5.02 Å². The number of amides is 1. The van der Waals surface area contributed by atoms with Crippen molar-refractivity contribution in [3.63, 3.8) is 0 Å². The van der Waals surface area contributed by atoms with Crippen molar-refractivity contribution in [2.24, 2.45) is 5.92 Å². The molecule has 1 aliphatic carbocycles. The molecule has 0 unspecified atom stereocenters. The van der Waals surface area contributed by atoms with Gasteiger partial charge in [-0.05, 0) is 86.4 Å². The van der Waals surface area contributed by atoms with Crippen LogP contribution in [-0.4, -0.2) is 87.1 Å². The van der Waals surface area contributed by atoms with Crippen LogP contribution >= 0.6 is 11.6 Å². The molecule has 47 heavy (non-hydrogen) atoms. The highest BCUT2D eigenvalue weighted by molar-refractivity contribution is 7.90. The van der Waals surface area contributed by atoms with Crippen molar-refractivity contribution in [3.8, 4) is 5.75 Å². The van der Waals surface area contributed by atoms with Crippen molar-refractivity contribution in [3.05, 3.63) is 70.0 Å². The van der Waals surface area contributed by atoms with E-state index in [4.69, 9.17) is 26.2 Å². The minimum absolute atomic E-state index is 0.101. The summed E-state index contributed by atoms with van der Waals surface area (Å²) in [6.07, 6.45) is 4.96. The molecule has 1 saturated heterocycles. The Morgan fingerprint density at radius 2 is 2.04 bits per heavy atom. The van der Waals surface area contributed by atoms with Crippen LogP contribution in [-0.2, 0) is 31.4 Å². The number of hydrogen-bond acceptors (Lipinski definition) is 8. The standard InChI is InChI=1S/C34H41ClFN3O7S/c1-21-5-9-28(36)30(17-45-18-32(40)41)39-13-11-26(39)16-38-19-34(12-3-4-23-14-25(35)7-8-27(23)34)20-46-31-10-6-24(15-29(31)38)33(42)37-47(43,44)22(21)2/h6-10,14-15,21-22,26,30H,3-5,11-13,16-20H2,1-2H3,(H,37,42)(H,40,41)/b28-9-/t21-,22+,26-,30-,34-/m0/s1. The number of anilines is 1. The van der Waals surface area contributed by atoms with Gasteiger partial charge in [0.1, 0.15) is 18.2 Å². The van der Waals surface area contributed by atoms with Gasteiger partial charge in [0.05, 0.1) is 30.2 Å². The molecule has 0 saturated carbocycles. The molecular weight excluding hydrogens is 649 g/mol. The van der Waals surface area contributed by atoms with E-state index >= 15 is 4.39 Å². The molecule has 3 aliphatic heterocycles. The largest absolute Gasteiger partial charge is 0.490 e. The summed E-state index contributed by atoms with van der Waals surface area (Å²) in [6.45, 7) is 4.47. The lowest BCUT2D eigenvalue weighted by molar-refractivity contribution is -0.143. The molecular formula is C34H41ClFN3O7S. The summed E-state index contributed by atoms with van der Waals surface area (Å²) in [6, 6.07) is 10.0. The second-order valence-electron chi connectivity index (χ2n) is 13.4. The Hall–Kier alpha value is -3.19. The molecule has 254 valence electrons. The first kappa shape index (κ1) is 33.7. The maximum Gasteiger partial charge on any atom is 0.329 e. The first-order valence-electron chi connectivity index (χ1n) is 16.1. The van der Waals surface area contributed by atoms with Gasteiger partial charge in [-0.2, -0.15) is 0 Å². The molecule has 10 nitrogen and oxygen atoms in total. The zero-order valence-electron chi connectivity index (χ0n) is 26.6. The quantitative estimate of drug-likeness (QED) is 0.470. The summed E-state index contributed by atoms with van der Waals surface area (Å²) in [5, 5.41) is 8.85. The van der Waals surface area contributed by atoms with Crippen LogP contribution in [0.3, 0.4) is 0 Å². The summed E-state index contributed by atoms with van der Waals surface area (Å²) in [5.74, 6) is -2.33. The van der Waals surface area contributed by atoms with Crippen LogP contribution < -0.4 is 14.4 Å². The smallest absolute Gasteiger partial charge is 0.329 e. The normalized spacial score (nSPS) is 30.4. The molecule has 2 bridgehead atoms. The number of benzene rings is 2. The number of aryl methyl sites for hydroxylation is 1. The van der Waals surface area contributed by atoms with Crippen LogP contribution in [0.1, 0.15) is 61.0 Å². The molecule has 5 atom stereocenters. The fourth-order valence-electron chi connectivity index (χ4n) is 7.38. The van der Waals surface area contributed by atoms with E-state index in [1.807, 2.05) is 17.0 Å². The van der Waals surface area contributed by atoms with Crippen LogP contribution in [0.15, 0.2) is 48.3 Å². The number of carbonyl (C=O) groups excluding carboxylic acids is 1. The highest BCUT2D eigenvalue weighted by atomic mass is 35.5. The Labute approximate surface area is 279 Å². The molecule has 0 radical (unpaired) electrons. The highest BCUT2D eigenvalue weighted by Crippen LogP contribution is 2.45. The van der Waals surface area contributed by atoms with Crippen molar-refractivity contribution >= 4 is 39.2 Å². The van der Waals surface area contributed by atoms with E-state index in [0.29, 0.717) is 42.7 Å². The number of rotatable bonds is 4. The Kier molecular flexibility index (Phi) is 9.59. The molecule has 1 fully saturated rings. The highest BCUT2D eigenvalue weighted by Gasteiger charge is 2.44. The van der Waals surface area contributed by atoms with Crippen molar-refractivity contribution in [2.75, 3.05) is 44.4 Å². The molecule has 3 heterocycles. The first-order chi connectivity index (χ1) is 22.4.